The maximum Gasteiger partial charge on any atom is 0.151 e. The molecular weight excluding hydrogens is 250 g/mol. The summed E-state index contributed by atoms with van der Waals surface area (Å²) < 4.78 is 28.5. The molecule has 0 amide bonds. The maximum atomic E-state index is 11.6. The van der Waals surface area contributed by atoms with Crippen molar-refractivity contribution in [3.8, 4) is 5.75 Å². The molecule has 0 heterocycles. The first-order valence-electron chi connectivity index (χ1n) is 5.88. The predicted molar refractivity (Wildman–Crippen MR) is 73.9 cm³/mol. The summed E-state index contributed by atoms with van der Waals surface area (Å²) in [6.45, 7) is 1.73. The zero-order chi connectivity index (χ0) is 13.8. The fourth-order valence-corrected chi connectivity index (χ4v) is 2.74. The van der Waals surface area contributed by atoms with E-state index in [9.17, 15) is 8.42 Å². The molecule has 1 aromatic carbocycles. The lowest BCUT2D eigenvalue weighted by molar-refractivity contribution is 0.405. The van der Waals surface area contributed by atoms with E-state index in [1.807, 2.05) is 24.3 Å². The average Bonchev–Trinajstić information content (AvgIpc) is 2.34. The van der Waals surface area contributed by atoms with Gasteiger partial charge in [0, 0.05) is 12.3 Å². The molecule has 1 aromatic rings. The summed E-state index contributed by atoms with van der Waals surface area (Å²) in [4.78, 5) is 0. The molecule has 0 spiro atoms. The van der Waals surface area contributed by atoms with E-state index < -0.39 is 15.1 Å². The van der Waals surface area contributed by atoms with E-state index in [0.717, 1.165) is 11.3 Å². The minimum absolute atomic E-state index is 0.128. The number of benzene rings is 1. The molecule has 5 heteroatoms. The Morgan fingerprint density at radius 3 is 2.44 bits per heavy atom. The van der Waals surface area contributed by atoms with Crippen LogP contribution in [0.15, 0.2) is 24.3 Å². The summed E-state index contributed by atoms with van der Waals surface area (Å²) >= 11 is 0. The smallest absolute Gasteiger partial charge is 0.151 e. The van der Waals surface area contributed by atoms with Crippen molar-refractivity contribution >= 4 is 9.84 Å². The second-order valence-corrected chi connectivity index (χ2v) is 6.85. The molecule has 2 unspecified atom stereocenters. The van der Waals surface area contributed by atoms with Gasteiger partial charge in [-0.1, -0.05) is 18.2 Å². The highest BCUT2D eigenvalue weighted by atomic mass is 32.2. The van der Waals surface area contributed by atoms with Crippen molar-refractivity contribution in [3.05, 3.63) is 29.8 Å². The van der Waals surface area contributed by atoms with Crippen molar-refractivity contribution < 1.29 is 13.2 Å². The van der Waals surface area contributed by atoms with Crippen molar-refractivity contribution in [1.82, 2.24) is 5.32 Å². The first kappa shape index (κ1) is 15.0. The lowest BCUT2D eigenvalue weighted by Gasteiger charge is -2.23. The SMILES string of the molecule is CNC(Cc1ccccc1OC)C(C)S(C)(=O)=O. The number of methoxy groups -OCH3 is 1. The molecule has 1 N–H and O–H groups in total. The van der Waals surface area contributed by atoms with Gasteiger partial charge >= 0.3 is 0 Å². The number of hydrogen-bond acceptors (Lipinski definition) is 4. The second-order valence-electron chi connectivity index (χ2n) is 4.45. The van der Waals surface area contributed by atoms with E-state index in [2.05, 4.69) is 5.32 Å². The van der Waals surface area contributed by atoms with Gasteiger partial charge in [-0.15, -0.1) is 0 Å². The molecule has 0 saturated carbocycles. The lowest BCUT2D eigenvalue weighted by atomic mass is 10.0. The topological polar surface area (TPSA) is 55.4 Å². The molecule has 0 aliphatic rings. The standard InChI is InChI=1S/C13H21NO3S/c1-10(18(4,15)16)12(14-2)9-11-7-5-6-8-13(11)17-3/h5-8,10,12,14H,9H2,1-4H3. The average molecular weight is 271 g/mol. The monoisotopic (exact) mass is 271 g/mol. The van der Waals surface area contributed by atoms with Crippen LogP contribution in [0.2, 0.25) is 0 Å². The van der Waals surface area contributed by atoms with Crippen LogP contribution < -0.4 is 10.1 Å². The number of nitrogens with one attached hydrogen (secondary N) is 1. The Labute approximate surface area is 109 Å². The van der Waals surface area contributed by atoms with Gasteiger partial charge in [0.15, 0.2) is 9.84 Å². The quantitative estimate of drug-likeness (QED) is 0.846. The highest BCUT2D eigenvalue weighted by Gasteiger charge is 2.25. The molecular formula is C13H21NO3S. The molecule has 0 fully saturated rings. The van der Waals surface area contributed by atoms with Crippen molar-refractivity contribution in [1.29, 1.82) is 0 Å². The van der Waals surface area contributed by atoms with Crippen LogP contribution in [0.5, 0.6) is 5.75 Å². The van der Waals surface area contributed by atoms with Gasteiger partial charge in [-0.3, -0.25) is 0 Å². The number of sulfone groups is 1. The summed E-state index contributed by atoms with van der Waals surface area (Å²) in [5.41, 5.74) is 1.01. The second kappa shape index (κ2) is 6.20. The van der Waals surface area contributed by atoms with Gasteiger partial charge in [-0.25, -0.2) is 8.42 Å². The van der Waals surface area contributed by atoms with Crippen molar-refractivity contribution in [2.24, 2.45) is 0 Å². The van der Waals surface area contributed by atoms with Crippen LogP contribution in [0.3, 0.4) is 0 Å². The first-order valence-corrected chi connectivity index (χ1v) is 7.83. The molecule has 0 bridgehead atoms. The molecule has 0 aromatic heterocycles. The molecule has 18 heavy (non-hydrogen) atoms. The van der Waals surface area contributed by atoms with Gasteiger partial charge < -0.3 is 10.1 Å². The van der Waals surface area contributed by atoms with Crippen LogP contribution in [0.4, 0.5) is 0 Å². The van der Waals surface area contributed by atoms with E-state index in [-0.39, 0.29) is 6.04 Å². The van der Waals surface area contributed by atoms with Crippen molar-refractivity contribution in [3.63, 3.8) is 0 Å². The van der Waals surface area contributed by atoms with Gasteiger partial charge in [0.2, 0.25) is 0 Å². The summed E-state index contributed by atoms with van der Waals surface area (Å²) in [5.74, 6) is 0.790. The molecule has 2 atom stereocenters. The molecule has 102 valence electrons. The van der Waals surface area contributed by atoms with E-state index in [4.69, 9.17) is 4.74 Å². The van der Waals surface area contributed by atoms with Crippen LogP contribution in [0.1, 0.15) is 12.5 Å². The zero-order valence-electron chi connectivity index (χ0n) is 11.3. The third-order valence-corrected chi connectivity index (χ3v) is 4.92. The molecule has 0 radical (unpaired) electrons. The number of rotatable bonds is 6. The summed E-state index contributed by atoms with van der Waals surface area (Å²) in [6, 6.07) is 7.54. The minimum Gasteiger partial charge on any atom is -0.496 e. The number of hydrogen-bond donors (Lipinski definition) is 1. The normalized spacial score (nSPS) is 15.1. The Kier molecular flexibility index (Phi) is 5.16. The van der Waals surface area contributed by atoms with Crippen LogP contribution in [-0.2, 0) is 16.3 Å². The van der Waals surface area contributed by atoms with E-state index >= 15 is 0 Å². The Morgan fingerprint density at radius 2 is 1.94 bits per heavy atom. The Morgan fingerprint density at radius 1 is 1.33 bits per heavy atom. The molecule has 0 aliphatic heterocycles. The van der Waals surface area contributed by atoms with Gasteiger partial charge in [0.25, 0.3) is 0 Å². The molecule has 1 rings (SSSR count). The van der Waals surface area contributed by atoms with E-state index in [0.29, 0.717) is 6.42 Å². The van der Waals surface area contributed by atoms with Crippen LogP contribution >= 0.6 is 0 Å². The van der Waals surface area contributed by atoms with Crippen LogP contribution in [-0.4, -0.2) is 40.1 Å². The highest BCUT2D eigenvalue weighted by molar-refractivity contribution is 7.91. The number of para-hydroxylation sites is 1. The van der Waals surface area contributed by atoms with Crippen molar-refractivity contribution in [2.75, 3.05) is 20.4 Å². The van der Waals surface area contributed by atoms with Gasteiger partial charge in [-0.05, 0) is 32.0 Å². The number of likely N-dealkylation sites (N-methyl/N-ethyl adjacent to an activating group) is 1. The Hall–Kier alpha value is -1.07. The van der Waals surface area contributed by atoms with E-state index in [1.165, 1.54) is 6.26 Å². The van der Waals surface area contributed by atoms with E-state index in [1.54, 1.807) is 21.1 Å². The largest absolute Gasteiger partial charge is 0.496 e. The Bertz CT molecular complexity index is 485. The molecule has 0 aliphatic carbocycles. The highest BCUT2D eigenvalue weighted by Crippen LogP contribution is 2.20. The molecule has 0 saturated heterocycles. The first-order chi connectivity index (χ1) is 8.40. The van der Waals surface area contributed by atoms with Gasteiger partial charge in [0.05, 0.1) is 12.4 Å². The zero-order valence-corrected chi connectivity index (χ0v) is 12.1. The summed E-state index contributed by atoms with van der Waals surface area (Å²) in [6.07, 6.45) is 1.89. The summed E-state index contributed by atoms with van der Waals surface area (Å²) in [5, 5.41) is 2.64. The Balaban J connectivity index is 2.93. The fraction of sp³-hybridized carbons (Fsp3) is 0.538. The van der Waals surface area contributed by atoms with Crippen LogP contribution in [0, 0.1) is 0 Å². The maximum absolute atomic E-state index is 11.6. The molecule has 4 nitrogen and oxygen atoms in total. The number of ether oxygens (including phenoxy) is 1. The van der Waals surface area contributed by atoms with Crippen LogP contribution in [0.25, 0.3) is 0 Å². The van der Waals surface area contributed by atoms with Gasteiger partial charge in [0.1, 0.15) is 5.75 Å². The van der Waals surface area contributed by atoms with Gasteiger partial charge in [-0.2, -0.15) is 0 Å². The fourth-order valence-electron chi connectivity index (χ4n) is 1.91. The summed E-state index contributed by atoms with van der Waals surface area (Å²) in [7, 11) is 0.341. The lowest BCUT2D eigenvalue weighted by Crippen LogP contribution is -2.42. The predicted octanol–water partition coefficient (Wildman–Crippen LogP) is 1.26. The third-order valence-electron chi connectivity index (χ3n) is 3.25. The third kappa shape index (κ3) is 3.71. The van der Waals surface area contributed by atoms with Crippen molar-refractivity contribution in [2.45, 2.75) is 24.6 Å². The minimum atomic E-state index is -3.06.